The fourth-order valence-corrected chi connectivity index (χ4v) is 2.36. The molecule has 0 radical (unpaired) electrons. The molecule has 1 aliphatic carbocycles. The molecule has 15 heavy (non-hydrogen) atoms. The molecule has 0 amide bonds. The molecule has 5 nitrogen and oxygen atoms in total. The fourth-order valence-electron chi connectivity index (χ4n) is 1.54. The van der Waals surface area contributed by atoms with E-state index in [2.05, 4.69) is 30.9 Å². The number of carbonyl (C=O) groups is 1. The van der Waals surface area contributed by atoms with Gasteiger partial charge in [-0.15, -0.1) is 0 Å². The number of hydrogen-bond acceptors (Lipinski definition) is 5. The number of esters is 1. The van der Waals surface area contributed by atoms with Gasteiger partial charge in [0.15, 0.2) is 0 Å². The standard InChI is InChI=1S/C9H11BrN2O3/c1-2-14-8(13)6-7(12-15-11-6)9(10)4-3-5-9/h2-5H2,1H3. The molecule has 1 saturated carbocycles. The van der Waals surface area contributed by atoms with Gasteiger partial charge in [0.05, 0.1) is 10.9 Å². The maximum absolute atomic E-state index is 11.5. The van der Waals surface area contributed by atoms with Crippen molar-refractivity contribution in [1.82, 2.24) is 10.3 Å². The van der Waals surface area contributed by atoms with Gasteiger partial charge >= 0.3 is 5.97 Å². The van der Waals surface area contributed by atoms with Crippen LogP contribution in [0.1, 0.15) is 42.4 Å². The fraction of sp³-hybridized carbons (Fsp3) is 0.667. The first-order valence-electron chi connectivity index (χ1n) is 4.86. The van der Waals surface area contributed by atoms with Crippen LogP contribution >= 0.6 is 15.9 Å². The summed E-state index contributed by atoms with van der Waals surface area (Å²) in [7, 11) is 0. The molecule has 0 N–H and O–H groups in total. The first-order chi connectivity index (χ1) is 7.17. The zero-order chi connectivity index (χ0) is 10.9. The summed E-state index contributed by atoms with van der Waals surface area (Å²) in [5.41, 5.74) is 0.751. The van der Waals surface area contributed by atoms with Crippen LogP contribution in [0.4, 0.5) is 0 Å². The van der Waals surface area contributed by atoms with E-state index in [1.807, 2.05) is 0 Å². The second kappa shape index (κ2) is 3.92. The smallest absolute Gasteiger partial charge is 0.362 e. The summed E-state index contributed by atoms with van der Waals surface area (Å²) in [6, 6.07) is 0. The number of aromatic nitrogens is 2. The highest BCUT2D eigenvalue weighted by Crippen LogP contribution is 2.49. The highest BCUT2D eigenvalue weighted by Gasteiger charge is 2.43. The second-order valence-corrected chi connectivity index (χ2v) is 5.02. The molecule has 6 heteroatoms. The molecule has 1 aromatic rings. The maximum Gasteiger partial charge on any atom is 0.362 e. The Morgan fingerprint density at radius 2 is 2.33 bits per heavy atom. The lowest BCUT2D eigenvalue weighted by Gasteiger charge is -2.33. The van der Waals surface area contributed by atoms with Crippen molar-refractivity contribution in [3.63, 3.8) is 0 Å². The molecule has 0 spiro atoms. The van der Waals surface area contributed by atoms with Gasteiger partial charge in [-0.1, -0.05) is 21.1 Å². The van der Waals surface area contributed by atoms with Gasteiger partial charge in [-0.05, 0) is 31.3 Å². The van der Waals surface area contributed by atoms with Gasteiger partial charge in [-0.2, -0.15) is 0 Å². The normalized spacial score (nSPS) is 18.3. The molecule has 82 valence electrons. The first-order valence-corrected chi connectivity index (χ1v) is 5.66. The van der Waals surface area contributed by atoms with Crippen LogP contribution in [0.5, 0.6) is 0 Å². The zero-order valence-corrected chi connectivity index (χ0v) is 9.91. The highest BCUT2D eigenvalue weighted by atomic mass is 79.9. The van der Waals surface area contributed by atoms with Crippen molar-refractivity contribution in [1.29, 1.82) is 0 Å². The molecule has 0 unspecified atom stereocenters. The van der Waals surface area contributed by atoms with Crippen molar-refractivity contribution in [2.24, 2.45) is 0 Å². The number of nitrogens with zero attached hydrogens (tertiary/aromatic N) is 2. The quantitative estimate of drug-likeness (QED) is 0.623. The predicted molar refractivity (Wildman–Crippen MR) is 54.7 cm³/mol. The van der Waals surface area contributed by atoms with Gasteiger partial charge in [0.1, 0.15) is 5.69 Å². The molecule has 1 fully saturated rings. The third-order valence-electron chi connectivity index (χ3n) is 2.53. The minimum Gasteiger partial charge on any atom is -0.461 e. The molecular formula is C9H11BrN2O3. The molecule has 2 rings (SSSR count). The monoisotopic (exact) mass is 274 g/mol. The lowest BCUT2D eigenvalue weighted by Crippen LogP contribution is -2.29. The summed E-state index contributed by atoms with van der Waals surface area (Å²) in [5, 5.41) is 7.37. The Labute approximate surface area is 95.3 Å². The molecule has 0 bridgehead atoms. The number of halogens is 1. The molecule has 0 saturated heterocycles. The van der Waals surface area contributed by atoms with E-state index in [-0.39, 0.29) is 10.0 Å². The van der Waals surface area contributed by atoms with Gasteiger partial charge in [-0.25, -0.2) is 9.42 Å². The Morgan fingerprint density at radius 1 is 1.60 bits per heavy atom. The summed E-state index contributed by atoms with van der Waals surface area (Å²) in [6.45, 7) is 2.07. The van der Waals surface area contributed by atoms with E-state index < -0.39 is 5.97 Å². The van der Waals surface area contributed by atoms with Gasteiger partial charge in [0.2, 0.25) is 5.69 Å². The zero-order valence-electron chi connectivity index (χ0n) is 8.33. The number of hydrogen-bond donors (Lipinski definition) is 0. The second-order valence-electron chi connectivity index (χ2n) is 3.50. The van der Waals surface area contributed by atoms with E-state index in [1.54, 1.807) is 6.92 Å². The van der Waals surface area contributed by atoms with Crippen LogP contribution in [-0.4, -0.2) is 22.9 Å². The van der Waals surface area contributed by atoms with Crippen LogP contribution in [0.25, 0.3) is 0 Å². The molecule has 1 aliphatic rings. The van der Waals surface area contributed by atoms with Gasteiger partial charge in [0, 0.05) is 0 Å². The summed E-state index contributed by atoms with van der Waals surface area (Å²) in [5.74, 6) is -0.473. The van der Waals surface area contributed by atoms with Crippen molar-refractivity contribution in [2.45, 2.75) is 30.5 Å². The Kier molecular flexibility index (Phi) is 2.77. The van der Waals surface area contributed by atoms with Crippen molar-refractivity contribution >= 4 is 21.9 Å². The SMILES string of the molecule is CCOC(=O)c1nonc1C1(Br)CCC1. The van der Waals surface area contributed by atoms with Crippen LogP contribution in [-0.2, 0) is 9.06 Å². The molecular weight excluding hydrogens is 264 g/mol. The average Bonchev–Trinajstić information content (AvgIpc) is 2.63. The Bertz CT molecular complexity index is 373. The van der Waals surface area contributed by atoms with Crippen LogP contribution in [0.15, 0.2) is 4.63 Å². The van der Waals surface area contributed by atoms with Crippen molar-refractivity contribution in [3.8, 4) is 0 Å². The lowest BCUT2D eigenvalue weighted by molar-refractivity contribution is 0.0511. The number of alkyl halides is 1. The summed E-state index contributed by atoms with van der Waals surface area (Å²) in [6.07, 6.45) is 2.99. The number of carbonyl (C=O) groups excluding carboxylic acids is 1. The first kappa shape index (κ1) is 10.6. The van der Waals surface area contributed by atoms with E-state index >= 15 is 0 Å². The largest absolute Gasteiger partial charge is 0.461 e. The summed E-state index contributed by atoms with van der Waals surface area (Å²) in [4.78, 5) is 11.5. The van der Waals surface area contributed by atoms with Crippen LogP contribution < -0.4 is 0 Å². The van der Waals surface area contributed by atoms with Crippen LogP contribution in [0, 0.1) is 0 Å². The molecule has 0 aliphatic heterocycles. The van der Waals surface area contributed by atoms with E-state index in [0.717, 1.165) is 19.3 Å². The molecule has 1 heterocycles. The van der Waals surface area contributed by atoms with E-state index in [1.165, 1.54) is 0 Å². The Morgan fingerprint density at radius 3 is 2.87 bits per heavy atom. The maximum atomic E-state index is 11.5. The summed E-state index contributed by atoms with van der Waals surface area (Å²) < 4.78 is 9.23. The van der Waals surface area contributed by atoms with Gasteiger partial charge in [-0.3, -0.25) is 0 Å². The van der Waals surface area contributed by atoms with Crippen LogP contribution in [0.3, 0.4) is 0 Å². The Hall–Kier alpha value is -0.910. The third kappa shape index (κ3) is 1.78. The van der Waals surface area contributed by atoms with E-state index in [9.17, 15) is 4.79 Å². The number of rotatable bonds is 3. The van der Waals surface area contributed by atoms with E-state index in [0.29, 0.717) is 12.3 Å². The van der Waals surface area contributed by atoms with Crippen molar-refractivity contribution < 1.29 is 14.2 Å². The third-order valence-corrected chi connectivity index (χ3v) is 3.70. The topological polar surface area (TPSA) is 65.2 Å². The predicted octanol–water partition coefficient (Wildman–Crippen LogP) is 2.02. The summed E-state index contributed by atoms with van der Waals surface area (Å²) >= 11 is 3.56. The Balaban J connectivity index is 2.25. The van der Waals surface area contributed by atoms with Crippen molar-refractivity contribution in [3.05, 3.63) is 11.4 Å². The average molecular weight is 275 g/mol. The lowest BCUT2D eigenvalue weighted by atomic mass is 9.82. The highest BCUT2D eigenvalue weighted by molar-refractivity contribution is 9.09. The number of ether oxygens (including phenoxy) is 1. The van der Waals surface area contributed by atoms with E-state index in [4.69, 9.17) is 4.74 Å². The minimum absolute atomic E-state index is 0.188. The van der Waals surface area contributed by atoms with Gasteiger partial charge < -0.3 is 4.74 Å². The minimum atomic E-state index is -0.473. The molecule has 1 aromatic heterocycles. The molecule has 0 atom stereocenters. The van der Waals surface area contributed by atoms with Crippen molar-refractivity contribution in [2.75, 3.05) is 6.61 Å². The van der Waals surface area contributed by atoms with Gasteiger partial charge in [0.25, 0.3) is 0 Å². The van der Waals surface area contributed by atoms with Crippen LogP contribution in [0.2, 0.25) is 0 Å². The molecule has 0 aromatic carbocycles.